The van der Waals surface area contributed by atoms with Crippen LogP contribution in [0.2, 0.25) is 0 Å². The fourth-order valence-electron chi connectivity index (χ4n) is 3.92. The first kappa shape index (κ1) is 18.1. The van der Waals surface area contributed by atoms with Gasteiger partial charge in [-0.3, -0.25) is 4.79 Å². The molecule has 27 heavy (non-hydrogen) atoms. The van der Waals surface area contributed by atoms with Crippen LogP contribution in [-0.4, -0.2) is 47.4 Å². The van der Waals surface area contributed by atoms with Gasteiger partial charge in [0.15, 0.2) is 0 Å². The minimum atomic E-state index is -1.47. The highest BCUT2D eigenvalue weighted by atomic mass is 19.1. The number of carbonyl (C=O) groups excluding carboxylic acids is 1. The SMILES string of the molecule is O=C([C@H]1C[C@@H](O)[C@H](F)CO1)N1CCc2ccccc2[C@@H]1c1ccc(F)cc1. The number of ether oxygens (including phenoxy) is 1. The topological polar surface area (TPSA) is 49.8 Å². The van der Waals surface area contributed by atoms with Crippen molar-refractivity contribution in [3.8, 4) is 0 Å². The van der Waals surface area contributed by atoms with E-state index in [-0.39, 0.29) is 30.8 Å². The summed E-state index contributed by atoms with van der Waals surface area (Å²) in [7, 11) is 0. The molecule has 1 N–H and O–H groups in total. The molecule has 2 aliphatic rings. The molecule has 0 spiro atoms. The smallest absolute Gasteiger partial charge is 0.252 e. The lowest BCUT2D eigenvalue weighted by molar-refractivity contribution is -0.159. The molecule has 0 aliphatic carbocycles. The van der Waals surface area contributed by atoms with Crippen LogP contribution in [0.15, 0.2) is 48.5 Å². The van der Waals surface area contributed by atoms with Crippen LogP contribution in [0, 0.1) is 5.82 Å². The van der Waals surface area contributed by atoms with Gasteiger partial charge in [0, 0.05) is 13.0 Å². The summed E-state index contributed by atoms with van der Waals surface area (Å²) in [6.07, 6.45) is -2.91. The fraction of sp³-hybridized carbons (Fsp3) is 0.381. The second-order valence-electron chi connectivity index (χ2n) is 7.08. The number of amides is 1. The van der Waals surface area contributed by atoms with Crippen molar-refractivity contribution in [3.05, 3.63) is 71.0 Å². The molecule has 4 nitrogen and oxygen atoms in total. The summed E-state index contributed by atoms with van der Waals surface area (Å²) in [6, 6.07) is 13.6. The summed E-state index contributed by atoms with van der Waals surface area (Å²) < 4.78 is 32.3. The third-order valence-electron chi connectivity index (χ3n) is 5.36. The maximum absolute atomic E-state index is 13.5. The van der Waals surface area contributed by atoms with Crippen molar-refractivity contribution in [1.82, 2.24) is 4.90 Å². The van der Waals surface area contributed by atoms with Crippen LogP contribution in [0.5, 0.6) is 0 Å². The molecule has 0 aromatic heterocycles. The maximum atomic E-state index is 13.5. The van der Waals surface area contributed by atoms with E-state index in [9.17, 15) is 18.7 Å². The van der Waals surface area contributed by atoms with Gasteiger partial charge in [0.2, 0.25) is 0 Å². The molecule has 1 saturated heterocycles. The Morgan fingerprint density at radius 3 is 2.63 bits per heavy atom. The number of alkyl halides is 1. The lowest BCUT2D eigenvalue weighted by atomic mass is 9.87. The molecule has 1 fully saturated rings. The zero-order valence-electron chi connectivity index (χ0n) is 14.7. The molecule has 0 bridgehead atoms. The quantitative estimate of drug-likeness (QED) is 0.881. The van der Waals surface area contributed by atoms with Crippen molar-refractivity contribution < 1.29 is 23.4 Å². The second-order valence-corrected chi connectivity index (χ2v) is 7.08. The molecule has 2 aromatic rings. The lowest BCUT2D eigenvalue weighted by Crippen LogP contribution is -2.50. The van der Waals surface area contributed by atoms with Crippen LogP contribution in [0.1, 0.15) is 29.2 Å². The van der Waals surface area contributed by atoms with Crippen molar-refractivity contribution >= 4 is 5.91 Å². The molecule has 0 unspecified atom stereocenters. The Labute approximate surface area is 156 Å². The maximum Gasteiger partial charge on any atom is 0.252 e. The number of benzene rings is 2. The number of carbonyl (C=O) groups is 1. The van der Waals surface area contributed by atoms with E-state index in [1.165, 1.54) is 12.1 Å². The van der Waals surface area contributed by atoms with E-state index < -0.39 is 18.4 Å². The van der Waals surface area contributed by atoms with Gasteiger partial charge in [-0.15, -0.1) is 0 Å². The van der Waals surface area contributed by atoms with E-state index >= 15 is 0 Å². The normalized spacial score (nSPS) is 27.9. The summed E-state index contributed by atoms with van der Waals surface area (Å²) in [6.45, 7) is 0.191. The summed E-state index contributed by atoms with van der Waals surface area (Å²) in [4.78, 5) is 14.9. The minimum Gasteiger partial charge on any atom is -0.390 e. The van der Waals surface area contributed by atoms with Gasteiger partial charge in [0.25, 0.3) is 5.91 Å². The number of aliphatic hydroxyl groups is 1. The summed E-state index contributed by atoms with van der Waals surface area (Å²) in [5.74, 6) is -0.613. The van der Waals surface area contributed by atoms with Crippen LogP contribution in [0.3, 0.4) is 0 Å². The van der Waals surface area contributed by atoms with Crippen LogP contribution >= 0.6 is 0 Å². The molecule has 142 valence electrons. The highest BCUT2D eigenvalue weighted by Crippen LogP contribution is 2.36. The van der Waals surface area contributed by atoms with Gasteiger partial charge in [-0.25, -0.2) is 8.78 Å². The third kappa shape index (κ3) is 3.47. The zero-order valence-corrected chi connectivity index (χ0v) is 14.7. The second kappa shape index (κ2) is 7.37. The number of nitrogens with zero attached hydrogens (tertiary/aromatic N) is 1. The Morgan fingerprint density at radius 1 is 1.15 bits per heavy atom. The summed E-state index contributed by atoms with van der Waals surface area (Å²) >= 11 is 0. The Morgan fingerprint density at radius 2 is 1.89 bits per heavy atom. The molecule has 4 rings (SSSR count). The lowest BCUT2D eigenvalue weighted by Gasteiger charge is -2.40. The highest BCUT2D eigenvalue weighted by Gasteiger charge is 2.40. The molecular formula is C21H21F2NO3. The minimum absolute atomic E-state index is 0.0612. The zero-order chi connectivity index (χ0) is 19.0. The molecule has 0 saturated carbocycles. The molecule has 0 radical (unpaired) electrons. The van der Waals surface area contributed by atoms with E-state index in [0.717, 1.165) is 16.7 Å². The third-order valence-corrected chi connectivity index (χ3v) is 5.36. The molecule has 1 amide bonds. The first-order valence-electron chi connectivity index (χ1n) is 9.12. The largest absolute Gasteiger partial charge is 0.390 e. The number of fused-ring (bicyclic) bond motifs is 1. The van der Waals surface area contributed by atoms with E-state index in [1.807, 2.05) is 24.3 Å². The molecule has 2 aliphatic heterocycles. The highest BCUT2D eigenvalue weighted by molar-refractivity contribution is 5.82. The molecule has 2 heterocycles. The van der Waals surface area contributed by atoms with Crippen molar-refractivity contribution in [2.45, 2.75) is 37.3 Å². The Hall–Kier alpha value is -2.31. The Balaban J connectivity index is 1.68. The van der Waals surface area contributed by atoms with Gasteiger partial charge >= 0.3 is 0 Å². The first-order valence-corrected chi connectivity index (χ1v) is 9.12. The fourth-order valence-corrected chi connectivity index (χ4v) is 3.92. The van der Waals surface area contributed by atoms with Gasteiger partial charge in [-0.2, -0.15) is 0 Å². The van der Waals surface area contributed by atoms with Crippen LogP contribution < -0.4 is 0 Å². The van der Waals surface area contributed by atoms with Gasteiger partial charge in [0.1, 0.15) is 18.1 Å². The predicted octanol–water partition coefficient (Wildman–Crippen LogP) is 2.79. The number of halogens is 2. The van der Waals surface area contributed by atoms with Crippen molar-refractivity contribution in [1.29, 1.82) is 0 Å². The van der Waals surface area contributed by atoms with Gasteiger partial charge < -0.3 is 14.7 Å². The number of hydrogen-bond donors (Lipinski definition) is 1. The molecular weight excluding hydrogens is 352 g/mol. The van der Waals surface area contributed by atoms with Crippen LogP contribution in [0.4, 0.5) is 8.78 Å². The summed E-state index contributed by atoms with van der Waals surface area (Å²) in [5, 5.41) is 9.80. The van der Waals surface area contributed by atoms with Gasteiger partial charge in [-0.05, 0) is 35.2 Å². The van der Waals surface area contributed by atoms with E-state index in [2.05, 4.69) is 0 Å². The molecule has 4 atom stereocenters. The van der Waals surface area contributed by atoms with E-state index in [0.29, 0.717) is 13.0 Å². The van der Waals surface area contributed by atoms with Crippen LogP contribution in [0.25, 0.3) is 0 Å². The Kier molecular flexibility index (Phi) is 4.93. The summed E-state index contributed by atoms with van der Waals surface area (Å²) in [5.41, 5.74) is 2.93. The van der Waals surface area contributed by atoms with E-state index in [1.54, 1.807) is 17.0 Å². The first-order chi connectivity index (χ1) is 13.0. The average Bonchev–Trinajstić information content (AvgIpc) is 2.69. The number of aliphatic hydroxyl groups excluding tert-OH is 1. The van der Waals surface area contributed by atoms with Crippen molar-refractivity contribution in [2.24, 2.45) is 0 Å². The van der Waals surface area contributed by atoms with Crippen molar-refractivity contribution in [2.75, 3.05) is 13.2 Å². The molecule has 2 aromatic carbocycles. The monoisotopic (exact) mass is 373 g/mol. The predicted molar refractivity (Wildman–Crippen MR) is 95.4 cm³/mol. The van der Waals surface area contributed by atoms with Crippen LogP contribution in [-0.2, 0) is 16.0 Å². The number of rotatable bonds is 2. The van der Waals surface area contributed by atoms with E-state index in [4.69, 9.17) is 4.74 Å². The standard InChI is InChI=1S/C21H21F2NO3/c22-15-7-5-14(6-8-15)20-16-4-2-1-3-13(16)9-10-24(20)21(26)19-11-18(25)17(23)12-27-19/h1-8,17-20,25H,9-12H2/t17-,18-,19-,20+/m1/s1. The van der Waals surface area contributed by atoms with Crippen molar-refractivity contribution in [3.63, 3.8) is 0 Å². The van der Waals surface area contributed by atoms with Gasteiger partial charge in [0.05, 0.1) is 18.8 Å². The van der Waals surface area contributed by atoms with Gasteiger partial charge in [-0.1, -0.05) is 36.4 Å². The number of hydrogen-bond acceptors (Lipinski definition) is 3. The Bertz CT molecular complexity index is 826. The molecule has 6 heteroatoms. The average molecular weight is 373 g/mol.